The Bertz CT molecular complexity index is 452. The first-order chi connectivity index (χ1) is 7.20. The number of halogens is 1. The SMILES string of the molecule is CCn1cc(C(O)c2csc(Br)c2)cn1. The van der Waals surface area contributed by atoms with Crippen LogP contribution in [0.2, 0.25) is 0 Å². The van der Waals surface area contributed by atoms with E-state index in [-0.39, 0.29) is 0 Å². The summed E-state index contributed by atoms with van der Waals surface area (Å²) >= 11 is 4.95. The average Bonchev–Trinajstić information content (AvgIpc) is 2.84. The smallest absolute Gasteiger partial charge is 0.108 e. The molecule has 1 N–H and O–H groups in total. The van der Waals surface area contributed by atoms with Crippen molar-refractivity contribution in [3.05, 3.63) is 38.8 Å². The van der Waals surface area contributed by atoms with Gasteiger partial charge in [0.25, 0.3) is 0 Å². The normalized spacial score (nSPS) is 13.0. The van der Waals surface area contributed by atoms with Gasteiger partial charge in [-0.1, -0.05) is 0 Å². The fourth-order valence-corrected chi connectivity index (χ4v) is 2.55. The minimum Gasteiger partial charge on any atom is -0.384 e. The Labute approximate surface area is 100 Å². The number of rotatable bonds is 3. The van der Waals surface area contributed by atoms with Crippen molar-refractivity contribution in [3.63, 3.8) is 0 Å². The molecular formula is C10H11BrN2OS. The summed E-state index contributed by atoms with van der Waals surface area (Å²) in [6.07, 6.45) is 3.00. The molecule has 2 rings (SSSR count). The molecule has 0 saturated carbocycles. The van der Waals surface area contributed by atoms with E-state index >= 15 is 0 Å². The molecule has 1 unspecified atom stereocenters. The number of aliphatic hydroxyl groups is 1. The predicted octanol–water partition coefficient (Wildman–Crippen LogP) is 2.81. The lowest BCUT2D eigenvalue weighted by Gasteiger charge is -2.04. The summed E-state index contributed by atoms with van der Waals surface area (Å²) in [7, 11) is 0. The van der Waals surface area contributed by atoms with Gasteiger partial charge in [-0.2, -0.15) is 5.10 Å². The Morgan fingerprint density at radius 1 is 1.60 bits per heavy atom. The van der Waals surface area contributed by atoms with Crippen LogP contribution in [0.25, 0.3) is 0 Å². The third-order valence-electron chi connectivity index (χ3n) is 2.20. The van der Waals surface area contributed by atoms with Gasteiger partial charge >= 0.3 is 0 Å². The van der Waals surface area contributed by atoms with Gasteiger partial charge in [0.1, 0.15) is 6.10 Å². The zero-order valence-electron chi connectivity index (χ0n) is 8.22. The van der Waals surface area contributed by atoms with Crippen molar-refractivity contribution < 1.29 is 5.11 Å². The van der Waals surface area contributed by atoms with Gasteiger partial charge in [-0.05, 0) is 39.9 Å². The topological polar surface area (TPSA) is 38.0 Å². The van der Waals surface area contributed by atoms with Crippen LogP contribution in [0.3, 0.4) is 0 Å². The van der Waals surface area contributed by atoms with Crippen molar-refractivity contribution in [2.75, 3.05) is 0 Å². The van der Waals surface area contributed by atoms with Gasteiger partial charge < -0.3 is 5.11 Å². The molecule has 0 amide bonds. The fraction of sp³-hybridized carbons (Fsp3) is 0.300. The molecule has 3 nitrogen and oxygen atoms in total. The average molecular weight is 287 g/mol. The molecule has 0 aromatic carbocycles. The van der Waals surface area contributed by atoms with Crippen LogP contribution in [0.5, 0.6) is 0 Å². The molecule has 0 radical (unpaired) electrons. The van der Waals surface area contributed by atoms with E-state index in [0.717, 1.165) is 21.5 Å². The molecule has 0 fully saturated rings. The van der Waals surface area contributed by atoms with E-state index < -0.39 is 6.10 Å². The molecule has 5 heteroatoms. The molecule has 0 bridgehead atoms. The first-order valence-electron chi connectivity index (χ1n) is 4.65. The van der Waals surface area contributed by atoms with Crippen molar-refractivity contribution in [2.45, 2.75) is 19.6 Å². The van der Waals surface area contributed by atoms with E-state index in [1.807, 2.05) is 24.6 Å². The van der Waals surface area contributed by atoms with Crippen LogP contribution in [-0.4, -0.2) is 14.9 Å². The molecule has 1 atom stereocenters. The third-order valence-corrected chi connectivity index (χ3v) is 3.72. The van der Waals surface area contributed by atoms with Crippen LogP contribution in [0.15, 0.2) is 27.6 Å². The summed E-state index contributed by atoms with van der Waals surface area (Å²) in [4.78, 5) is 0. The first-order valence-corrected chi connectivity index (χ1v) is 6.32. The monoisotopic (exact) mass is 286 g/mol. The number of nitrogens with zero attached hydrogens (tertiary/aromatic N) is 2. The van der Waals surface area contributed by atoms with E-state index in [4.69, 9.17) is 0 Å². The maximum absolute atomic E-state index is 10.0. The van der Waals surface area contributed by atoms with E-state index in [1.165, 1.54) is 0 Å². The van der Waals surface area contributed by atoms with Crippen LogP contribution in [0, 0.1) is 0 Å². The number of aryl methyl sites for hydroxylation is 1. The van der Waals surface area contributed by atoms with Crippen LogP contribution < -0.4 is 0 Å². The van der Waals surface area contributed by atoms with Crippen molar-refractivity contribution in [2.24, 2.45) is 0 Å². The Balaban J connectivity index is 2.23. The quantitative estimate of drug-likeness (QED) is 0.942. The summed E-state index contributed by atoms with van der Waals surface area (Å²) in [5.41, 5.74) is 1.74. The van der Waals surface area contributed by atoms with E-state index in [1.54, 1.807) is 22.2 Å². The Morgan fingerprint density at radius 3 is 2.93 bits per heavy atom. The highest BCUT2D eigenvalue weighted by Crippen LogP contribution is 2.28. The molecule has 0 saturated heterocycles. The lowest BCUT2D eigenvalue weighted by atomic mass is 10.1. The second-order valence-corrected chi connectivity index (χ2v) is 5.51. The van der Waals surface area contributed by atoms with Crippen molar-refractivity contribution >= 4 is 27.3 Å². The molecule has 2 heterocycles. The number of thiophene rings is 1. The number of hydrogen-bond acceptors (Lipinski definition) is 3. The van der Waals surface area contributed by atoms with Crippen molar-refractivity contribution in [1.82, 2.24) is 9.78 Å². The van der Waals surface area contributed by atoms with E-state index in [9.17, 15) is 5.11 Å². The number of hydrogen-bond donors (Lipinski definition) is 1. The summed E-state index contributed by atoms with van der Waals surface area (Å²) in [5.74, 6) is 0. The Hall–Kier alpha value is -0.650. The van der Waals surface area contributed by atoms with Crippen LogP contribution in [0.4, 0.5) is 0 Å². The standard InChI is InChI=1S/C10H11BrN2OS/c1-2-13-5-8(4-12-13)10(14)7-3-9(11)15-6-7/h3-6,10,14H,2H2,1H3. The Morgan fingerprint density at radius 2 is 2.40 bits per heavy atom. The highest BCUT2D eigenvalue weighted by atomic mass is 79.9. The molecular weight excluding hydrogens is 276 g/mol. The van der Waals surface area contributed by atoms with Gasteiger partial charge in [-0.25, -0.2) is 0 Å². The summed E-state index contributed by atoms with van der Waals surface area (Å²) < 4.78 is 2.83. The summed E-state index contributed by atoms with van der Waals surface area (Å²) in [6.45, 7) is 2.84. The van der Waals surface area contributed by atoms with Gasteiger partial charge in [-0.3, -0.25) is 4.68 Å². The maximum Gasteiger partial charge on any atom is 0.108 e. The summed E-state index contributed by atoms with van der Waals surface area (Å²) in [6, 6.07) is 1.93. The second-order valence-electron chi connectivity index (χ2n) is 3.22. The largest absolute Gasteiger partial charge is 0.384 e. The molecule has 2 aromatic heterocycles. The summed E-state index contributed by atoms with van der Waals surface area (Å²) in [5, 5.41) is 16.1. The molecule has 0 aliphatic carbocycles. The van der Waals surface area contributed by atoms with Crippen molar-refractivity contribution in [1.29, 1.82) is 0 Å². The minimum absolute atomic E-state index is 0.576. The minimum atomic E-state index is -0.576. The number of aliphatic hydroxyl groups excluding tert-OH is 1. The lowest BCUT2D eigenvalue weighted by molar-refractivity contribution is 0.220. The van der Waals surface area contributed by atoms with Gasteiger partial charge in [0.15, 0.2) is 0 Å². The molecule has 2 aromatic rings. The zero-order valence-corrected chi connectivity index (χ0v) is 10.6. The first kappa shape index (κ1) is 10.9. The number of aromatic nitrogens is 2. The highest BCUT2D eigenvalue weighted by Gasteiger charge is 2.13. The Kier molecular flexibility index (Phi) is 3.23. The fourth-order valence-electron chi connectivity index (χ4n) is 1.35. The van der Waals surface area contributed by atoms with Gasteiger partial charge in [-0.15, -0.1) is 11.3 Å². The van der Waals surface area contributed by atoms with Gasteiger partial charge in [0, 0.05) is 18.3 Å². The lowest BCUT2D eigenvalue weighted by Crippen LogP contribution is -1.97. The predicted molar refractivity (Wildman–Crippen MR) is 64.0 cm³/mol. The molecule has 0 spiro atoms. The van der Waals surface area contributed by atoms with Crippen molar-refractivity contribution in [3.8, 4) is 0 Å². The molecule has 80 valence electrons. The molecule has 0 aliphatic rings. The second kappa shape index (κ2) is 4.47. The van der Waals surface area contributed by atoms with E-state index in [0.29, 0.717) is 0 Å². The zero-order chi connectivity index (χ0) is 10.8. The van der Waals surface area contributed by atoms with Gasteiger partial charge in [0.05, 0.1) is 9.98 Å². The molecule has 15 heavy (non-hydrogen) atoms. The van der Waals surface area contributed by atoms with E-state index in [2.05, 4.69) is 21.0 Å². The third kappa shape index (κ3) is 2.30. The molecule has 0 aliphatic heterocycles. The van der Waals surface area contributed by atoms with Crippen LogP contribution >= 0.6 is 27.3 Å². The maximum atomic E-state index is 10.0. The highest BCUT2D eigenvalue weighted by molar-refractivity contribution is 9.11. The van der Waals surface area contributed by atoms with Crippen LogP contribution in [0.1, 0.15) is 24.2 Å². The van der Waals surface area contributed by atoms with Gasteiger partial charge in [0.2, 0.25) is 0 Å². The van der Waals surface area contributed by atoms with Crippen LogP contribution in [-0.2, 0) is 6.54 Å².